The summed E-state index contributed by atoms with van der Waals surface area (Å²) < 4.78 is 10.7. The highest BCUT2D eigenvalue weighted by Gasteiger charge is 2.21. The zero-order valence-electron chi connectivity index (χ0n) is 17.9. The number of esters is 1. The Morgan fingerprint density at radius 1 is 1.16 bits per heavy atom. The minimum atomic E-state index is -0.372. The molecule has 4 rings (SSSR count). The first-order valence-corrected chi connectivity index (χ1v) is 11.6. The molecule has 10 heteroatoms. The lowest BCUT2D eigenvalue weighted by molar-refractivity contribution is -0.131. The van der Waals surface area contributed by atoms with Crippen LogP contribution in [0.4, 0.5) is 5.82 Å². The number of hydrogen-bond donors (Lipinski definition) is 0. The molecule has 1 fully saturated rings. The molecule has 1 aliphatic heterocycles. The van der Waals surface area contributed by atoms with Crippen molar-refractivity contribution in [2.24, 2.45) is 0 Å². The smallest absolute Gasteiger partial charge is 0.339 e. The molecule has 0 N–H and O–H groups in total. The summed E-state index contributed by atoms with van der Waals surface area (Å²) in [6, 6.07) is 5.47. The molecule has 0 radical (unpaired) electrons. The van der Waals surface area contributed by atoms with Crippen molar-refractivity contribution in [1.29, 1.82) is 0 Å². The molecular formula is C22H25N5O4S. The lowest BCUT2D eigenvalue weighted by Crippen LogP contribution is -2.35. The van der Waals surface area contributed by atoms with Gasteiger partial charge in [-0.2, -0.15) is 11.3 Å². The summed E-state index contributed by atoms with van der Waals surface area (Å²) in [4.78, 5) is 33.0. The van der Waals surface area contributed by atoms with Gasteiger partial charge in [0.25, 0.3) is 0 Å². The van der Waals surface area contributed by atoms with E-state index in [1.807, 2.05) is 27.8 Å². The van der Waals surface area contributed by atoms with E-state index in [4.69, 9.17) is 9.15 Å². The van der Waals surface area contributed by atoms with Crippen LogP contribution in [0, 0.1) is 0 Å². The maximum Gasteiger partial charge on any atom is 0.339 e. The third-order valence-electron chi connectivity index (χ3n) is 5.22. The monoisotopic (exact) mass is 455 g/mol. The maximum atomic E-state index is 12.7. The van der Waals surface area contributed by atoms with E-state index in [0.717, 1.165) is 24.3 Å². The van der Waals surface area contributed by atoms with Crippen molar-refractivity contribution in [3.05, 3.63) is 46.6 Å². The summed E-state index contributed by atoms with van der Waals surface area (Å²) in [7, 11) is 0. The molecule has 0 bridgehead atoms. The third-order valence-corrected chi connectivity index (χ3v) is 5.90. The normalized spacial score (nSPS) is 14.3. The number of rotatable bonds is 7. The van der Waals surface area contributed by atoms with E-state index in [1.54, 1.807) is 24.3 Å². The Hall–Kier alpha value is -3.27. The van der Waals surface area contributed by atoms with E-state index < -0.39 is 0 Å². The van der Waals surface area contributed by atoms with Crippen LogP contribution in [0.2, 0.25) is 0 Å². The fourth-order valence-electron chi connectivity index (χ4n) is 3.53. The third kappa shape index (κ3) is 5.31. The van der Waals surface area contributed by atoms with Crippen molar-refractivity contribution >= 4 is 29.0 Å². The molecule has 0 saturated carbocycles. The number of aryl methyl sites for hydroxylation is 1. The molecule has 1 saturated heterocycles. The highest BCUT2D eigenvalue weighted by Crippen LogP contribution is 2.21. The van der Waals surface area contributed by atoms with E-state index in [1.165, 1.54) is 6.20 Å². The lowest BCUT2D eigenvalue weighted by Gasteiger charge is -2.23. The Labute approximate surface area is 190 Å². The fraction of sp³-hybridized carbons (Fsp3) is 0.409. The average molecular weight is 456 g/mol. The summed E-state index contributed by atoms with van der Waals surface area (Å²) >= 11 is 1.57. The fourth-order valence-corrected chi connectivity index (χ4v) is 4.16. The van der Waals surface area contributed by atoms with Gasteiger partial charge in [-0.05, 0) is 36.9 Å². The predicted molar refractivity (Wildman–Crippen MR) is 120 cm³/mol. The molecule has 3 aromatic rings. The standard InChI is InChI=1S/C22H25N5O4S/c1-2-30-22(29)16-4-5-18(23-14-16)26-9-3-10-27(12-11-26)20(28)7-6-19-24-25-21(31-19)17-8-13-32-15-17/h4-5,8,13-15H,2-3,6-7,9-12H2,1H3. The van der Waals surface area contributed by atoms with Gasteiger partial charge in [0.2, 0.25) is 17.7 Å². The number of nitrogens with zero attached hydrogens (tertiary/aromatic N) is 5. The van der Waals surface area contributed by atoms with Crippen LogP contribution in [0.1, 0.15) is 36.0 Å². The molecule has 0 spiro atoms. The second-order valence-electron chi connectivity index (χ2n) is 7.36. The molecule has 4 heterocycles. The SMILES string of the molecule is CCOC(=O)c1ccc(N2CCCN(C(=O)CCc3nnc(-c4ccsc4)o3)CC2)nc1. The number of aromatic nitrogens is 3. The van der Waals surface area contributed by atoms with Gasteiger partial charge >= 0.3 is 5.97 Å². The Bertz CT molecular complexity index is 1040. The van der Waals surface area contributed by atoms with Gasteiger partial charge in [-0.1, -0.05) is 0 Å². The molecule has 168 valence electrons. The summed E-state index contributed by atoms with van der Waals surface area (Å²) in [5, 5.41) is 12.0. The average Bonchev–Trinajstić information content (AvgIpc) is 3.45. The second-order valence-corrected chi connectivity index (χ2v) is 8.14. The van der Waals surface area contributed by atoms with Crippen LogP contribution in [-0.2, 0) is 16.0 Å². The Kier molecular flexibility index (Phi) is 7.10. The number of carbonyl (C=O) groups is 2. The van der Waals surface area contributed by atoms with Gasteiger partial charge in [0.1, 0.15) is 5.82 Å². The molecule has 32 heavy (non-hydrogen) atoms. The largest absolute Gasteiger partial charge is 0.462 e. The first kappa shape index (κ1) is 21.9. The Morgan fingerprint density at radius 2 is 2.06 bits per heavy atom. The van der Waals surface area contributed by atoms with Gasteiger partial charge in [-0.3, -0.25) is 4.79 Å². The number of anilines is 1. The van der Waals surface area contributed by atoms with Crippen LogP contribution < -0.4 is 4.90 Å². The number of carbonyl (C=O) groups excluding carboxylic acids is 2. The topological polar surface area (TPSA) is 102 Å². The summed E-state index contributed by atoms with van der Waals surface area (Å²) in [6.07, 6.45) is 3.14. The van der Waals surface area contributed by atoms with Gasteiger partial charge in [-0.25, -0.2) is 9.78 Å². The van der Waals surface area contributed by atoms with Gasteiger partial charge < -0.3 is 19.0 Å². The number of amides is 1. The van der Waals surface area contributed by atoms with E-state index in [2.05, 4.69) is 20.1 Å². The van der Waals surface area contributed by atoms with Crippen molar-refractivity contribution in [2.45, 2.75) is 26.2 Å². The summed E-state index contributed by atoms with van der Waals surface area (Å²) in [5.74, 6) is 1.46. The molecular weight excluding hydrogens is 430 g/mol. The summed E-state index contributed by atoms with van der Waals surface area (Å²) in [5.41, 5.74) is 1.34. The van der Waals surface area contributed by atoms with Crippen LogP contribution >= 0.6 is 11.3 Å². The minimum absolute atomic E-state index is 0.0766. The van der Waals surface area contributed by atoms with Crippen LogP contribution in [0.25, 0.3) is 11.5 Å². The highest BCUT2D eigenvalue weighted by molar-refractivity contribution is 7.08. The zero-order chi connectivity index (χ0) is 22.3. The van der Waals surface area contributed by atoms with E-state index >= 15 is 0 Å². The first-order chi connectivity index (χ1) is 15.6. The molecule has 0 atom stereocenters. The first-order valence-electron chi connectivity index (χ1n) is 10.6. The second kappa shape index (κ2) is 10.4. The van der Waals surface area contributed by atoms with Crippen molar-refractivity contribution < 1.29 is 18.7 Å². The zero-order valence-corrected chi connectivity index (χ0v) is 18.7. The van der Waals surface area contributed by atoms with Gasteiger partial charge in [-0.15, -0.1) is 10.2 Å². The van der Waals surface area contributed by atoms with Crippen molar-refractivity contribution in [3.8, 4) is 11.5 Å². The quantitative estimate of drug-likeness (QED) is 0.501. The molecule has 9 nitrogen and oxygen atoms in total. The van der Waals surface area contributed by atoms with Crippen molar-refractivity contribution in [3.63, 3.8) is 0 Å². The predicted octanol–water partition coefficient (Wildman–Crippen LogP) is 3.04. The Morgan fingerprint density at radius 3 is 2.81 bits per heavy atom. The maximum absolute atomic E-state index is 12.7. The van der Waals surface area contributed by atoms with Crippen LogP contribution in [0.5, 0.6) is 0 Å². The molecule has 3 aromatic heterocycles. The van der Waals surface area contributed by atoms with E-state index in [9.17, 15) is 9.59 Å². The van der Waals surface area contributed by atoms with Gasteiger partial charge in [0.05, 0.1) is 12.2 Å². The number of pyridine rings is 1. The van der Waals surface area contributed by atoms with Gasteiger partial charge in [0, 0.05) is 56.2 Å². The van der Waals surface area contributed by atoms with E-state index in [-0.39, 0.29) is 11.9 Å². The molecule has 0 aliphatic carbocycles. The number of thiophene rings is 1. The van der Waals surface area contributed by atoms with Crippen molar-refractivity contribution in [2.75, 3.05) is 37.7 Å². The molecule has 0 unspecified atom stereocenters. The van der Waals surface area contributed by atoms with Crippen LogP contribution in [-0.4, -0.2) is 64.7 Å². The minimum Gasteiger partial charge on any atom is -0.462 e. The van der Waals surface area contributed by atoms with Crippen LogP contribution in [0.3, 0.4) is 0 Å². The number of ether oxygens (including phenoxy) is 1. The lowest BCUT2D eigenvalue weighted by atomic mass is 10.2. The molecule has 1 aliphatic rings. The molecule has 0 aromatic carbocycles. The number of hydrogen-bond acceptors (Lipinski definition) is 9. The molecule has 1 amide bonds. The van der Waals surface area contributed by atoms with Gasteiger partial charge in [0.15, 0.2) is 0 Å². The van der Waals surface area contributed by atoms with E-state index in [0.29, 0.717) is 56.4 Å². The summed E-state index contributed by atoms with van der Waals surface area (Å²) in [6.45, 7) is 4.89. The highest BCUT2D eigenvalue weighted by atomic mass is 32.1. The van der Waals surface area contributed by atoms with Crippen molar-refractivity contribution in [1.82, 2.24) is 20.1 Å². The van der Waals surface area contributed by atoms with Crippen LogP contribution in [0.15, 0.2) is 39.6 Å². The Balaban J connectivity index is 1.28.